The van der Waals surface area contributed by atoms with Crippen LogP contribution in [0.15, 0.2) is 24.5 Å². The summed E-state index contributed by atoms with van der Waals surface area (Å²) in [5, 5.41) is 17.3. The first kappa shape index (κ1) is 12.7. The molecule has 1 unspecified atom stereocenters. The van der Waals surface area contributed by atoms with Crippen molar-refractivity contribution >= 4 is 11.6 Å². The van der Waals surface area contributed by atoms with E-state index in [1.165, 1.54) is 6.33 Å². The minimum atomic E-state index is 0.0473. The number of carbonyl (C=O) groups is 1. The largest absolute Gasteiger partial charge is 0.325 e. The van der Waals surface area contributed by atoms with Crippen LogP contribution in [0.5, 0.6) is 0 Å². The molecular weight excluding hydrogens is 256 g/mol. The second-order valence-electron chi connectivity index (χ2n) is 4.93. The highest BCUT2D eigenvalue weighted by Gasteiger charge is 2.22. The van der Waals surface area contributed by atoms with Crippen molar-refractivity contribution in [3.63, 3.8) is 0 Å². The third-order valence-electron chi connectivity index (χ3n) is 3.52. The van der Waals surface area contributed by atoms with Gasteiger partial charge >= 0.3 is 0 Å². The number of nitrogens with one attached hydrogen (secondary N) is 2. The van der Waals surface area contributed by atoms with Gasteiger partial charge in [0.2, 0.25) is 5.91 Å². The molecule has 1 atom stereocenters. The highest BCUT2D eigenvalue weighted by molar-refractivity contribution is 5.93. The second kappa shape index (κ2) is 5.38. The molecule has 7 heteroatoms. The van der Waals surface area contributed by atoms with Gasteiger partial charge in [-0.3, -0.25) is 4.79 Å². The Morgan fingerprint density at radius 1 is 1.50 bits per heavy atom. The van der Waals surface area contributed by atoms with Crippen LogP contribution in [-0.2, 0) is 4.79 Å². The lowest BCUT2D eigenvalue weighted by atomic mass is 10.1. The topological polar surface area (TPSA) is 84.7 Å². The Labute approximate surface area is 116 Å². The molecule has 104 valence electrons. The van der Waals surface area contributed by atoms with Crippen LogP contribution in [0.4, 0.5) is 5.69 Å². The highest BCUT2D eigenvalue weighted by Crippen LogP contribution is 2.20. The van der Waals surface area contributed by atoms with Gasteiger partial charge in [-0.05, 0) is 48.0 Å². The summed E-state index contributed by atoms with van der Waals surface area (Å²) in [5.41, 5.74) is 2.64. The van der Waals surface area contributed by atoms with Gasteiger partial charge in [-0.25, -0.2) is 4.68 Å². The van der Waals surface area contributed by atoms with Gasteiger partial charge in [-0.1, -0.05) is 6.07 Å². The van der Waals surface area contributed by atoms with Gasteiger partial charge in [0.15, 0.2) is 0 Å². The number of hydrogen-bond acceptors (Lipinski definition) is 5. The average molecular weight is 272 g/mol. The molecule has 1 amide bonds. The molecule has 1 aromatic heterocycles. The van der Waals surface area contributed by atoms with E-state index in [1.807, 2.05) is 25.1 Å². The Balaban J connectivity index is 1.81. The summed E-state index contributed by atoms with van der Waals surface area (Å²) < 4.78 is 1.56. The van der Waals surface area contributed by atoms with Gasteiger partial charge in [0.25, 0.3) is 0 Å². The molecule has 1 saturated heterocycles. The van der Waals surface area contributed by atoms with Gasteiger partial charge < -0.3 is 10.6 Å². The molecular formula is C13H16N6O. The fraction of sp³-hybridized carbons (Fsp3) is 0.385. The number of rotatable bonds is 3. The van der Waals surface area contributed by atoms with Crippen LogP contribution in [0, 0.1) is 12.8 Å². The van der Waals surface area contributed by atoms with Crippen LogP contribution >= 0.6 is 0 Å². The Hall–Kier alpha value is -2.28. The Bertz CT molecular complexity index is 603. The number of nitrogens with zero attached hydrogens (tertiary/aromatic N) is 4. The van der Waals surface area contributed by atoms with Gasteiger partial charge in [0, 0.05) is 12.2 Å². The van der Waals surface area contributed by atoms with Crippen molar-refractivity contribution in [2.75, 3.05) is 18.4 Å². The van der Waals surface area contributed by atoms with Crippen molar-refractivity contribution in [3.05, 3.63) is 30.1 Å². The van der Waals surface area contributed by atoms with Gasteiger partial charge in [-0.2, -0.15) is 0 Å². The molecule has 1 fully saturated rings. The van der Waals surface area contributed by atoms with Crippen molar-refractivity contribution < 1.29 is 4.79 Å². The predicted molar refractivity (Wildman–Crippen MR) is 73.5 cm³/mol. The molecule has 0 radical (unpaired) electrons. The number of anilines is 1. The zero-order valence-corrected chi connectivity index (χ0v) is 11.2. The molecule has 1 aliphatic heterocycles. The van der Waals surface area contributed by atoms with Crippen LogP contribution in [0.3, 0.4) is 0 Å². The van der Waals surface area contributed by atoms with Gasteiger partial charge in [0.1, 0.15) is 6.33 Å². The maximum absolute atomic E-state index is 12.2. The summed E-state index contributed by atoms with van der Waals surface area (Å²) in [7, 11) is 0. The summed E-state index contributed by atoms with van der Waals surface area (Å²) in [6.45, 7) is 3.62. The lowest BCUT2D eigenvalue weighted by Crippen LogP contribution is -2.25. The number of carbonyl (C=O) groups excluding carboxylic acids is 1. The standard InChI is InChI=1S/C13H16N6O/c1-9-2-3-11(19-8-15-17-18-19)6-12(9)16-13(20)10-4-5-14-7-10/h2-3,6,8,10,14H,4-5,7H2,1H3,(H,16,20). The lowest BCUT2D eigenvalue weighted by Gasteiger charge is -2.13. The molecule has 7 nitrogen and oxygen atoms in total. The molecule has 20 heavy (non-hydrogen) atoms. The Kier molecular flexibility index (Phi) is 3.42. The second-order valence-corrected chi connectivity index (χ2v) is 4.93. The number of amides is 1. The van der Waals surface area contributed by atoms with E-state index in [-0.39, 0.29) is 11.8 Å². The fourth-order valence-electron chi connectivity index (χ4n) is 2.28. The molecule has 0 spiro atoms. The normalized spacial score (nSPS) is 18.1. The average Bonchev–Trinajstić information content (AvgIpc) is 3.14. The summed E-state index contributed by atoms with van der Waals surface area (Å²) in [6.07, 6.45) is 2.41. The first-order chi connectivity index (χ1) is 9.74. The van der Waals surface area contributed by atoms with E-state index >= 15 is 0 Å². The number of tetrazole rings is 1. The van der Waals surface area contributed by atoms with Crippen LogP contribution in [-0.4, -0.2) is 39.2 Å². The first-order valence-corrected chi connectivity index (χ1v) is 6.59. The van der Waals surface area contributed by atoms with Crippen LogP contribution in [0.2, 0.25) is 0 Å². The number of aryl methyl sites for hydroxylation is 1. The number of hydrogen-bond donors (Lipinski definition) is 2. The molecule has 2 N–H and O–H groups in total. The molecule has 0 aliphatic carbocycles. The van der Waals surface area contributed by atoms with Crippen LogP contribution in [0.25, 0.3) is 5.69 Å². The smallest absolute Gasteiger partial charge is 0.228 e. The van der Waals surface area contributed by atoms with Crippen molar-refractivity contribution in [2.45, 2.75) is 13.3 Å². The van der Waals surface area contributed by atoms with Crippen molar-refractivity contribution in [1.82, 2.24) is 25.5 Å². The summed E-state index contributed by atoms with van der Waals surface area (Å²) >= 11 is 0. The Morgan fingerprint density at radius 2 is 2.40 bits per heavy atom. The minimum Gasteiger partial charge on any atom is -0.325 e. The van der Waals surface area contributed by atoms with Crippen molar-refractivity contribution in [2.24, 2.45) is 5.92 Å². The third-order valence-corrected chi connectivity index (χ3v) is 3.52. The molecule has 0 saturated carbocycles. The zero-order chi connectivity index (χ0) is 13.9. The van der Waals surface area contributed by atoms with E-state index in [4.69, 9.17) is 0 Å². The summed E-state index contributed by atoms with van der Waals surface area (Å²) in [5.74, 6) is 0.109. The van der Waals surface area contributed by atoms with Crippen LogP contribution in [0.1, 0.15) is 12.0 Å². The van der Waals surface area contributed by atoms with E-state index in [9.17, 15) is 4.79 Å². The molecule has 1 aromatic carbocycles. The lowest BCUT2D eigenvalue weighted by molar-refractivity contribution is -0.119. The summed E-state index contributed by atoms with van der Waals surface area (Å²) in [4.78, 5) is 12.2. The van der Waals surface area contributed by atoms with Gasteiger partial charge in [0.05, 0.1) is 11.6 Å². The SMILES string of the molecule is Cc1ccc(-n2cnnn2)cc1NC(=O)C1CCNC1. The van der Waals surface area contributed by atoms with E-state index < -0.39 is 0 Å². The first-order valence-electron chi connectivity index (χ1n) is 6.59. The quantitative estimate of drug-likeness (QED) is 0.851. The molecule has 0 bridgehead atoms. The van der Waals surface area contributed by atoms with E-state index in [0.29, 0.717) is 0 Å². The number of benzene rings is 1. The fourth-order valence-corrected chi connectivity index (χ4v) is 2.28. The number of aromatic nitrogens is 4. The van der Waals surface area contributed by atoms with E-state index in [2.05, 4.69) is 26.2 Å². The van der Waals surface area contributed by atoms with Gasteiger partial charge in [-0.15, -0.1) is 5.10 Å². The molecule has 1 aliphatic rings. The van der Waals surface area contributed by atoms with E-state index in [1.54, 1.807) is 4.68 Å². The molecule has 2 heterocycles. The maximum Gasteiger partial charge on any atom is 0.228 e. The maximum atomic E-state index is 12.2. The highest BCUT2D eigenvalue weighted by atomic mass is 16.1. The van der Waals surface area contributed by atoms with Crippen LogP contribution < -0.4 is 10.6 Å². The van der Waals surface area contributed by atoms with E-state index in [0.717, 1.165) is 36.4 Å². The molecule has 3 rings (SSSR count). The minimum absolute atomic E-state index is 0.0473. The van der Waals surface area contributed by atoms with Crippen molar-refractivity contribution in [1.29, 1.82) is 0 Å². The predicted octanol–water partition coefficient (Wildman–Crippen LogP) is 0.519. The summed E-state index contributed by atoms with van der Waals surface area (Å²) in [6, 6.07) is 5.74. The zero-order valence-electron chi connectivity index (χ0n) is 11.2. The monoisotopic (exact) mass is 272 g/mol. The Morgan fingerprint density at radius 3 is 3.10 bits per heavy atom. The molecule has 2 aromatic rings. The van der Waals surface area contributed by atoms with Crippen molar-refractivity contribution in [3.8, 4) is 5.69 Å². The third kappa shape index (κ3) is 2.53.